The van der Waals surface area contributed by atoms with Gasteiger partial charge in [0.25, 0.3) is 0 Å². The SMILES string of the molecule is CCn1c(=O)n(CC)c2nc(NC(=O)CCC(=O)Nc3cccc(C)c3C)ccc21. The molecule has 0 aliphatic heterocycles. The van der Waals surface area contributed by atoms with Gasteiger partial charge in [0.2, 0.25) is 11.8 Å². The summed E-state index contributed by atoms with van der Waals surface area (Å²) in [4.78, 5) is 41.4. The summed E-state index contributed by atoms with van der Waals surface area (Å²) in [7, 11) is 0. The first-order valence-corrected chi connectivity index (χ1v) is 10.1. The zero-order valence-electron chi connectivity index (χ0n) is 17.8. The minimum absolute atomic E-state index is 0.0347. The molecule has 0 fully saturated rings. The number of hydrogen-bond donors (Lipinski definition) is 2. The molecule has 3 rings (SSSR count). The van der Waals surface area contributed by atoms with Crippen molar-refractivity contribution < 1.29 is 9.59 Å². The average molecular weight is 409 g/mol. The lowest BCUT2D eigenvalue weighted by Gasteiger charge is -2.10. The molecule has 0 atom stereocenters. The molecule has 0 spiro atoms. The quantitative estimate of drug-likeness (QED) is 0.626. The normalized spacial score (nSPS) is 10.9. The number of anilines is 2. The van der Waals surface area contributed by atoms with E-state index in [4.69, 9.17) is 0 Å². The second kappa shape index (κ2) is 8.94. The molecule has 0 saturated heterocycles. The van der Waals surface area contributed by atoms with E-state index in [-0.39, 0.29) is 30.3 Å². The Balaban J connectivity index is 1.64. The minimum atomic E-state index is -0.307. The first-order chi connectivity index (χ1) is 14.3. The summed E-state index contributed by atoms with van der Waals surface area (Å²) in [5, 5.41) is 5.57. The van der Waals surface area contributed by atoms with E-state index < -0.39 is 0 Å². The Kier molecular flexibility index (Phi) is 6.34. The molecule has 0 aliphatic rings. The van der Waals surface area contributed by atoms with Crippen LogP contribution in [-0.2, 0) is 22.7 Å². The molecule has 2 N–H and O–H groups in total. The number of benzene rings is 1. The van der Waals surface area contributed by atoms with Crippen molar-refractivity contribution >= 4 is 34.5 Å². The predicted octanol–water partition coefficient (Wildman–Crippen LogP) is 3.21. The monoisotopic (exact) mass is 409 g/mol. The van der Waals surface area contributed by atoms with E-state index in [1.165, 1.54) is 0 Å². The van der Waals surface area contributed by atoms with Gasteiger partial charge in [-0.2, -0.15) is 0 Å². The van der Waals surface area contributed by atoms with E-state index in [2.05, 4.69) is 15.6 Å². The lowest BCUT2D eigenvalue weighted by Crippen LogP contribution is -2.23. The van der Waals surface area contributed by atoms with Gasteiger partial charge < -0.3 is 10.6 Å². The van der Waals surface area contributed by atoms with Crippen molar-refractivity contribution in [2.75, 3.05) is 10.6 Å². The van der Waals surface area contributed by atoms with Gasteiger partial charge in [-0.1, -0.05) is 12.1 Å². The minimum Gasteiger partial charge on any atom is -0.326 e. The molecule has 0 radical (unpaired) electrons. The predicted molar refractivity (Wildman–Crippen MR) is 118 cm³/mol. The number of hydrogen-bond acceptors (Lipinski definition) is 4. The summed E-state index contributed by atoms with van der Waals surface area (Å²) in [5.41, 5.74) is 4.01. The molecule has 0 bridgehead atoms. The van der Waals surface area contributed by atoms with Crippen LogP contribution in [0.2, 0.25) is 0 Å². The number of nitrogens with zero attached hydrogens (tertiary/aromatic N) is 3. The number of pyridine rings is 1. The zero-order valence-corrected chi connectivity index (χ0v) is 17.8. The standard InChI is InChI=1S/C22H27N5O3/c1-5-26-17-10-11-18(25-21(17)27(6-2)22(26)30)24-20(29)13-12-19(28)23-16-9-7-8-14(3)15(16)4/h7-11H,5-6,12-13H2,1-4H3,(H,23,28)(H,24,25,29). The molecule has 2 amide bonds. The fraction of sp³-hybridized carbons (Fsp3) is 0.364. The number of rotatable bonds is 7. The Morgan fingerprint density at radius 3 is 2.27 bits per heavy atom. The Morgan fingerprint density at radius 1 is 0.933 bits per heavy atom. The van der Waals surface area contributed by atoms with Gasteiger partial charge in [-0.3, -0.25) is 18.7 Å². The van der Waals surface area contributed by atoms with Crippen molar-refractivity contribution in [1.29, 1.82) is 0 Å². The third kappa shape index (κ3) is 4.27. The summed E-state index contributed by atoms with van der Waals surface area (Å²) >= 11 is 0. The maximum atomic E-state index is 12.4. The number of aromatic nitrogens is 3. The lowest BCUT2D eigenvalue weighted by atomic mass is 10.1. The summed E-state index contributed by atoms with van der Waals surface area (Å²) in [6.07, 6.45) is 0.0975. The number of carbonyl (C=O) groups excluding carboxylic acids is 2. The number of aryl methyl sites for hydroxylation is 3. The molecule has 3 aromatic rings. The van der Waals surface area contributed by atoms with Crippen LogP contribution in [-0.4, -0.2) is 25.9 Å². The highest BCUT2D eigenvalue weighted by Crippen LogP contribution is 2.18. The molecule has 8 heteroatoms. The first-order valence-electron chi connectivity index (χ1n) is 10.1. The second-order valence-corrected chi connectivity index (χ2v) is 7.15. The number of carbonyl (C=O) groups is 2. The van der Waals surface area contributed by atoms with Gasteiger partial charge >= 0.3 is 5.69 Å². The number of amides is 2. The maximum Gasteiger partial charge on any atom is 0.330 e. The van der Waals surface area contributed by atoms with Crippen LogP contribution < -0.4 is 16.3 Å². The largest absolute Gasteiger partial charge is 0.330 e. The zero-order chi connectivity index (χ0) is 21.8. The highest BCUT2D eigenvalue weighted by atomic mass is 16.2. The lowest BCUT2D eigenvalue weighted by molar-refractivity contribution is -0.121. The average Bonchev–Trinajstić information content (AvgIpc) is 2.99. The number of fused-ring (bicyclic) bond motifs is 1. The molecule has 0 aliphatic carbocycles. The van der Waals surface area contributed by atoms with Crippen LogP contribution in [0.5, 0.6) is 0 Å². The molecule has 30 heavy (non-hydrogen) atoms. The van der Waals surface area contributed by atoms with E-state index in [0.717, 1.165) is 22.3 Å². The van der Waals surface area contributed by atoms with Gasteiger partial charge in [-0.05, 0) is 57.0 Å². The van der Waals surface area contributed by atoms with Crippen molar-refractivity contribution in [3.05, 3.63) is 51.9 Å². The molecular weight excluding hydrogens is 382 g/mol. The third-order valence-electron chi connectivity index (χ3n) is 5.22. The molecule has 0 unspecified atom stereocenters. The van der Waals surface area contributed by atoms with Crippen LogP contribution >= 0.6 is 0 Å². The van der Waals surface area contributed by atoms with Crippen LogP contribution in [0.3, 0.4) is 0 Å². The van der Waals surface area contributed by atoms with E-state index in [0.29, 0.717) is 24.6 Å². The van der Waals surface area contributed by atoms with Crippen molar-refractivity contribution in [2.24, 2.45) is 0 Å². The Morgan fingerprint density at radius 2 is 1.60 bits per heavy atom. The summed E-state index contributed by atoms with van der Waals surface area (Å²) in [5.74, 6) is -0.168. The molecule has 1 aromatic carbocycles. The second-order valence-electron chi connectivity index (χ2n) is 7.15. The van der Waals surface area contributed by atoms with Crippen molar-refractivity contribution in [3.8, 4) is 0 Å². The summed E-state index contributed by atoms with van der Waals surface area (Å²) < 4.78 is 3.22. The van der Waals surface area contributed by atoms with Crippen molar-refractivity contribution in [3.63, 3.8) is 0 Å². The van der Waals surface area contributed by atoms with Crippen molar-refractivity contribution in [2.45, 2.75) is 53.6 Å². The summed E-state index contributed by atoms with van der Waals surface area (Å²) in [6, 6.07) is 9.16. The molecule has 158 valence electrons. The molecule has 8 nitrogen and oxygen atoms in total. The molecule has 0 saturated carbocycles. The third-order valence-corrected chi connectivity index (χ3v) is 5.22. The molecular formula is C22H27N5O3. The van der Waals surface area contributed by atoms with Gasteiger partial charge in [0, 0.05) is 31.6 Å². The van der Waals surface area contributed by atoms with E-state index in [1.54, 1.807) is 21.3 Å². The number of nitrogens with one attached hydrogen (secondary N) is 2. The molecule has 2 heterocycles. The van der Waals surface area contributed by atoms with Crippen LogP contribution in [0.25, 0.3) is 11.2 Å². The van der Waals surface area contributed by atoms with E-state index in [1.807, 2.05) is 45.9 Å². The van der Waals surface area contributed by atoms with Crippen LogP contribution in [0, 0.1) is 13.8 Å². The van der Waals surface area contributed by atoms with Gasteiger partial charge in [0.1, 0.15) is 5.82 Å². The van der Waals surface area contributed by atoms with E-state index in [9.17, 15) is 14.4 Å². The Hall–Kier alpha value is -3.42. The van der Waals surface area contributed by atoms with Gasteiger partial charge in [-0.25, -0.2) is 9.78 Å². The Labute approximate surface area is 174 Å². The smallest absolute Gasteiger partial charge is 0.326 e. The number of imidazole rings is 1. The van der Waals surface area contributed by atoms with Crippen LogP contribution in [0.4, 0.5) is 11.5 Å². The highest BCUT2D eigenvalue weighted by Gasteiger charge is 2.14. The fourth-order valence-electron chi connectivity index (χ4n) is 3.38. The first kappa shape index (κ1) is 21.3. The van der Waals surface area contributed by atoms with Crippen molar-refractivity contribution in [1.82, 2.24) is 14.1 Å². The molecule has 2 aromatic heterocycles. The van der Waals surface area contributed by atoms with Crippen LogP contribution in [0.15, 0.2) is 35.1 Å². The highest BCUT2D eigenvalue weighted by molar-refractivity contribution is 5.97. The fourth-order valence-corrected chi connectivity index (χ4v) is 3.38. The topological polar surface area (TPSA) is 98.0 Å². The summed E-state index contributed by atoms with van der Waals surface area (Å²) in [6.45, 7) is 8.74. The van der Waals surface area contributed by atoms with E-state index >= 15 is 0 Å². The van der Waals surface area contributed by atoms with Gasteiger partial charge in [-0.15, -0.1) is 0 Å². The van der Waals surface area contributed by atoms with Gasteiger partial charge in [0.05, 0.1) is 5.52 Å². The maximum absolute atomic E-state index is 12.4. The van der Waals surface area contributed by atoms with Crippen LogP contribution in [0.1, 0.15) is 37.8 Å². The van der Waals surface area contributed by atoms with Gasteiger partial charge in [0.15, 0.2) is 5.65 Å². The Bertz CT molecular complexity index is 1160.